The molecule has 7 heteroatoms. The Kier molecular flexibility index (Phi) is 6.21. The van der Waals surface area contributed by atoms with Crippen LogP contribution in [0.2, 0.25) is 0 Å². The van der Waals surface area contributed by atoms with Crippen molar-refractivity contribution in [1.82, 2.24) is 10.5 Å². The summed E-state index contributed by atoms with van der Waals surface area (Å²) in [5, 5.41) is 29.5. The number of aromatic nitrogens is 1. The smallest absolute Gasteiger partial charge is 0.178 e. The summed E-state index contributed by atoms with van der Waals surface area (Å²) in [5.41, 5.74) is 3.31. The minimum Gasteiger partial charge on any atom is -0.491 e. The normalized spacial score (nSPS) is 13.4. The molecule has 6 nitrogen and oxygen atoms in total. The molecule has 150 valence electrons. The van der Waals surface area contributed by atoms with E-state index in [4.69, 9.17) is 9.26 Å². The second-order valence-corrected chi connectivity index (χ2v) is 7.64. The number of aliphatic hydroxyl groups is 2. The van der Waals surface area contributed by atoms with E-state index in [9.17, 15) is 10.2 Å². The highest BCUT2D eigenvalue weighted by atomic mass is 32.1. The Balaban J connectivity index is 1.27. The molecule has 0 fully saturated rings. The van der Waals surface area contributed by atoms with Crippen molar-refractivity contribution in [3.63, 3.8) is 0 Å². The van der Waals surface area contributed by atoms with Crippen molar-refractivity contribution in [2.45, 2.75) is 12.2 Å². The lowest BCUT2D eigenvalue weighted by atomic mass is 10.1. The average molecular weight is 410 g/mol. The van der Waals surface area contributed by atoms with Crippen LogP contribution < -0.4 is 10.1 Å². The van der Waals surface area contributed by atoms with Gasteiger partial charge >= 0.3 is 0 Å². The van der Waals surface area contributed by atoms with Gasteiger partial charge in [0, 0.05) is 18.7 Å². The molecule has 2 aromatic carbocycles. The van der Waals surface area contributed by atoms with Crippen LogP contribution in [0, 0.1) is 0 Å². The first-order valence-corrected chi connectivity index (χ1v) is 10.3. The van der Waals surface area contributed by atoms with Gasteiger partial charge in [-0.1, -0.05) is 47.6 Å². The molecule has 0 amide bonds. The van der Waals surface area contributed by atoms with Crippen molar-refractivity contribution >= 4 is 21.6 Å². The molecule has 4 rings (SSSR count). The van der Waals surface area contributed by atoms with E-state index in [0.717, 1.165) is 27.1 Å². The maximum absolute atomic E-state index is 10.2. The van der Waals surface area contributed by atoms with E-state index >= 15 is 0 Å². The minimum absolute atomic E-state index is 0.144. The zero-order valence-electron chi connectivity index (χ0n) is 15.7. The van der Waals surface area contributed by atoms with E-state index in [1.165, 1.54) is 0 Å². The van der Waals surface area contributed by atoms with Crippen LogP contribution in [0.15, 0.2) is 70.6 Å². The largest absolute Gasteiger partial charge is 0.491 e. The third-order valence-corrected chi connectivity index (χ3v) is 5.43. The van der Waals surface area contributed by atoms with Crippen molar-refractivity contribution in [1.29, 1.82) is 0 Å². The van der Waals surface area contributed by atoms with E-state index in [-0.39, 0.29) is 6.61 Å². The summed E-state index contributed by atoms with van der Waals surface area (Å²) in [4.78, 5) is 0. The van der Waals surface area contributed by atoms with Crippen LogP contribution in [-0.4, -0.2) is 41.2 Å². The average Bonchev–Trinajstić information content (AvgIpc) is 3.37. The molecule has 2 aromatic heterocycles. The van der Waals surface area contributed by atoms with E-state index in [2.05, 4.69) is 10.5 Å². The first-order chi connectivity index (χ1) is 14.2. The maximum Gasteiger partial charge on any atom is 0.178 e. The molecule has 4 aromatic rings. The fourth-order valence-corrected chi connectivity index (χ4v) is 3.84. The van der Waals surface area contributed by atoms with Gasteiger partial charge in [0.05, 0.1) is 6.10 Å². The number of fused-ring (bicyclic) bond motifs is 1. The zero-order chi connectivity index (χ0) is 20.1. The van der Waals surface area contributed by atoms with Gasteiger partial charge in [0.1, 0.15) is 28.9 Å². The van der Waals surface area contributed by atoms with Crippen molar-refractivity contribution in [3.05, 3.63) is 71.6 Å². The van der Waals surface area contributed by atoms with Crippen LogP contribution in [0.5, 0.6) is 5.75 Å². The van der Waals surface area contributed by atoms with Crippen LogP contribution in [0.25, 0.3) is 21.5 Å². The number of aliphatic hydroxyl groups excluding tert-OH is 2. The third-order valence-electron chi connectivity index (χ3n) is 4.53. The van der Waals surface area contributed by atoms with Gasteiger partial charge in [-0.15, -0.1) is 11.3 Å². The summed E-state index contributed by atoms with van der Waals surface area (Å²) in [6.07, 6.45) is -1.31. The molecular formula is C22H22N2O4S. The van der Waals surface area contributed by atoms with Gasteiger partial charge in [-0.2, -0.15) is 0 Å². The quantitative estimate of drug-likeness (QED) is 0.391. The minimum atomic E-state index is -0.697. The van der Waals surface area contributed by atoms with Crippen molar-refractivity contribution < 1.29 is 19.5 Å². The van der Waals surface area contributed by atoms with Gasteiger partial charge in [-0.05, 0) is 29.1 Å². The predicted octanol–water partition coefficient (Wildman–Crippen LogP) is 3.62. The van der Waals surface area contributed by atoms with Crippen molar-refractivity contribution in [2.24, 2.45) is 0 Å². The first kappa shape index (κ1) is 19.6. The Hall–Kier alpha value is -2.71. The third kappa shape index (κ3) is 4.83. The van der Waals surface area contributed by atoms with Gasteiger partial charge < -0.3 is 24.8 Å². The lowest BCUT2D eigenvalue weighted by molar-refractivity contribution is 0.0996. The van der Waals surface area contributed by atoms with Gasteiger partial charge in [0.2, 0.25) is 0 Å². The summed E-state index contributed by atoms with van der Waals surface area (Å²) in [6.45, 7) is 0.827. The van der Waals surface area contributed by atoms with Crippen LogP contribution in [0.4, 0.5) is 0 Å². The topological polar surface area (TPSA) is 87.8 Å². The SMILES string of the molecule is OC(CNCC(O)c1ccccc1)COc1cccc(-c2noc3ccsc23)c1. The molecule has 3 N–H and O–H groups in total. The Morgan fingerprint density at radius 3 is 2.76 bits per heavy atom. The highest BCUT2D eigenvalue weighted by Crippen LogP contribution is 2.33. The Morgan fingerprint density at radius 2 is 1.90 bits per heavy atom. The first-order valence-electron chi connectivity index (χ1n) is 9.38. The number of nitrogens with one attached hydrogen (secondary N) is 1. The van der Waals surface area contributed by atoms with E-state index < -0.39 is 12.2 Å². The maximum atomic E-state index is 10.2. The Bertz CT molecular complexity index is 1050. The van der Waals surface area contributed by atoms with Crippen LogP contribution in [0.1, 0.15) is 11.7 Å². The van der Waals surface area contributed by atoms with E-state index in [0.29, 0.717) is 18.8 Å². The van der Waals surface area contributed by atoms with Crippen LogP contribution >= 0.6 is 11.3 Å². The molecule has 0 saturated heterocycles. The number of hydrogen-bond donors (Lipinski definition) is 3. The molecule has 0 aliphatic rings. The van der Waals surface area contributed by atoms with Crippen LogP contribution in [-0.2, 0) is 0 Å². The van der Waals surface area contributed by atoms with Gasteiger partial charge in [0.15, 0.2) is 5.58 Å². The van der Waals surface area contributed by atoms with E-state index in [1.54, 1.807) is 11.3 Å². The molecule has 0 aliphatic heterocycles. The second kappa shape index (κ2) is 9.19. The summed E-state index contributed by atoms with van der Waals surface area (Å²) >= 11 is 1.58. The molecule has 2 atom stereocenters. The Morgan fingerprint density at radius 1 is 1.03 bits per heavy atom. The van der Waals surface area contributed by atoms with Crippen molar-refractivity contribution in [2.75, 3.05) is 19.7 Å². The highest BCUT2D eigenvalue weighted by molar-refractivity contribution is 7.17. The summed E-state index contributed by atoms with van der Waals surface area (Å²) in [7, 11) is 0. The monoisotopic (exact) mass is 410 g/mol. The molecule has 0 bridgehead atoms. The number of thiophene rings is 1. The van der Waals surface area contributed by atoms with Crippen molar-refractivity contribution in [3.8, 4) is 17.0 Å². The number of benzene rings is 2. The van der Waals surface area contributed by atoms with E-state index in [1.807, 2.05) is 66.0 Å². The van der Waals surface area contributed by atoms with Gasteiger partial charge in [0.25, 0.3) is 0 Å². The molecule has 0 saturated carbocycles. The number of ether oxygens (including phenoxy) is 1. The molecular weight excluding hydrogens is 388 g/mol. The molecule has 0 spiro atoms. The molecule has 0 radical (unpaired) electrons. The standard InChI is InChI=1S/C22H22N2O4S/c25-17(12-23-13-19(26)15-5-2-1-3-6-15)14-27-18-8-4-7-16(11-18)21-22-20(28-24-21)9-10-29-22/h1-11,17,19,23,25-26H,12-14H2. The molecule has 29 heavy (non-hydrogen) atoms. The summed E-state index contributed by atoms with van der Waals surface area (Å²) in [6, 6.07) is 18.9. The van der Waals surface area contributed by atoms with Gasteiger partial charge in [-0.25, -0.2) is 0 Å². The highest BCUT2D eigenvalue weighted by Gasteiger charge is 2.13. The zero-order valence-corrected chi connectivity index (χ0v) is 16.5. The second-order valence-electron chi connectivity index (χ2n) is 6.72. The fourth-order valence-electron chi connectivity index (χ4n) is 3.03. The Labute approximate surface area is 172 Å². The lowest BCUT2D eigenvalue weighted by Crippen LogP contribution is -2.33. The number of nitrogens with zero attached hydrogens (tertiary/aromatic N) is 1. The number of rotatable bonds is 9. The molecule has 2 unspecified atom stereocenters. The number of hydrogen-bond acceptors (Lipinski definition) is 7. The van der Waals surface area contributed by atoms with Gasteiger partial charge in [-0.3, -0.25) is 0 Å². The predicted molar refractivity (Wildman–Crippen MR) is 113 cm³/mol. The van der Waals surface area contributed by atoms with Crippen LogP contribution in [0.3, 0.4) is 0 Å². The fraction of sp³-hybridized carbons (Fsp3) is 0.227. The lowest BCUT2D eigenvalue weighted by Gasteiger charge is -2.16. The summed E-state index contributed by atoms with van der Waals surface area (Å²) in [5.74, 6) is 0.651. The summed E-state index contributed by atoms with van der Waals surface area (Å²) < 4.78 is 12.1. The molecule has 2 heterocycles. The molecule has 0 aliphatic carbocycles.